The second kappa shape index (κ2) is 7.09. The highest BCUT2D eigenvalue weighted by molar-refractivity contribution is 7.20. The molecule has 0 aliphatic heterocycles. The number of hydrogen-bond acceptors (Lipinski definition) is 3. The normalized spacial score (nSPS) is 11.0. The number of nitrogens with one attached hydrogen (secondary N) is 1. The number of fused-ring (bicyclic) bond motifs is 1. The number of benzene rings is 2. The summed E-state index contributed by atoms with van der Waals surface area (Å²) in [5.74, 6) is -0.440. The van der Waals surface area contributed by atoms with Crippen molar-refractivity contribution in [1.82, 2.24) is 14.7 Å². The molecular weight excluding hydrogens is 349 g/mol. The summed E-state index contributed by atoms with van der Waals surface area (Å²) in [6.45, 7) is 0.564. The fraction of sp³-hybridized carbons (Fsp3) is 0.100. The van der Waals surface area contributed by atoms with E-state index in [0.717, 1.165) is 21.8 Å². The molecule has 0 saturated heterocycles. The van der Waals surface area contributed by atoms with Crippen LogP contribution in [0, 0.1) is 5.82 Å². The molecule has 0 radical (unpaired) electrons. The maximum atomic E-state index is 13.0. The van der Waals surface area contributed by atoms with Crippen LogP contribution in [0.15, 0.2) is 67.0 Å². The summed E-state index contributed by atoms with van der Waals surface area (Å²) >= 11 is 1.46. The summed E-state index contributed by atoms with van der Waals surface area (Å²) in [5.41, 5.74) is 2.51. The molecule has 2 aromatic carbocycles. The first kappa shape index (κ1) is 16.5. The lowest BCUT2D eigenvalue weighted by Gasteiger charge is -2.03. The van der Waals surface area contributed by atoms with Gasteiger partial charge >= 0.3 is 0 Å². The van der Waals surface area contributed by atoms with E-state index in [1.54, 1.807) is 18.3 Å². The van der Waals surface area contributed by atoms with Gasteiger partial charge in [0.1, 0.15) is 11.5 Å². The van der Waals surface area contributed by atoms with Crippen LogP contribution in [0.25, 0.3) is 15.4 Å². The molecule has 4 rings (SSSR count). The SMILES string of the molecule is O=C(NCCc1ccccc1)c1cn2cc(-c3ccc(F)cc3)sc2n1. The molecule has 2 aromatic heterocycles. The number of rotatable bonds is 5. The summed E-state index contributed by atoms with van der Waals surface area (Å²) in [7, 11) is 0. The van der Waals surface area contributed by atoms with Gasteiger partial charge < -0.3 is 5.32 Å². The van der Waals surface area contributed by atoms with Crippen molar-refractivity contribution in [2.75, 3.05) is 6.54 Å². The quantitative estimate of drug-likeness (QED) is 0.577. The lowest BCUT2D eigenvalue weighted by Crippen LogP contribution is -2.25. The third kappa shape index (κ3) is 3.50. The van der Waals surface area contributed by atoms with Gasteiger partial charge in [0.05, 0.1) is 4.88 Å². The summed E-state index contributed by atoms with van der Waals surface area (Å²) < 4.78 is 14.9. The van der Waals surface area contributed by atoms with E-state index >= 15 is 0 Å². The molecule has 0 saturated carbocycles. The van der Waals surface area contributed by atoms with Crippen LogP contribution < -0.4 is 5.32 Å². The van der Waals surface area contributed by atoms with Crippen LogP contribution >= 0.6 is 11.3 Å². The minimum absolute atomic E-state index is 0.180. The van der Waals surface area contributed by atoms with Crippen molar-refractivity contribution in [2.45, 2.75) is 6.42 Å². The molecule has 1 amide bonds. The van der Waals surface area contributed by atoms with Crippen molar-refractivity contribution in [3.05, 3.63) is 84.1 Å². The van der Waals surface area contributed by atoms with E-state index in [1.807, 2.05) is 40.9 Å². The molecule has 0 atom stereocenters. The Morgan fingerprint density at radius 3 is 2.58 bits per heavy atom. The largest absolute Gasteiger partial charge is 0.350 e. The van der Waals surface area contributed by atoms with Gasteiger partial charge in [-0.25, -0.2) is 9.37 Å². The molecule has 0 unspecified atom stereocenters. The summed E-state index contributed by atoms with van der Waals surface area (Å²) in [6, 6.07) is 16.4. The van der Waals surface area contributed by atoms with Gasteiger partial charge in [0, 0.05) is 18.9 Å². The van der Waals surface area contributed by atoms with E-state index in [2.05, 4.69) is 10.3 Å². The summed E-state index contributed by atoms with van der Waals surface area (Å²) in [6.07, 6.45) is 4.40. The van der Waals surface area contributed by atoms with E-state index in [9.17, 15) is 9.18 Å². The predicted molar refractivity (Wildman–Crippen MR) is 101 cm³/mol. The molecule has 1 N–H and O–H groups in total. The van der Waals surface area contributed by atoms with Crippen LogP contribution in [0.5, 0.6) is 0 Å². The van der Waals surface area contributed by atoms with Crippen molar-refractivity contribution >= 4 is 22.2 Å². The number of halogens is 1. The second-order valence-corrected chi connectivity index (χ2v) is 6.92. The van der Waals surface area contributed by atoms with E-state index in [0.29, 0.717) is 12.2 Å². The molecule has 0 fully saturated rings. The molecule has 0 aliphatic carbocycles. The fourth-order valence-electron chi connectivity index (χ4n) is 2.71. The average molecular weight is 365 g/mol. The number of imidazole rings is 1. The molecule has 4 aromatic rings. The van der Waals surface area contributed by atoms with E-state index < -0.39 is 0 Å². The lowest BCUT2D eigenvalue weighted by molar-refractivity contribution is 0.0950. The van der Waals surface area contributed by atoms with Gasteiger partial charge in [0.2, 0.25) is 0 Å². The van der Waals surface area contributed by atoms with Crippen LogP contribution in [0.2, 0.25) is 0 Å². The zero-order valence-corrected chi connectivity index (χ0v) is 14.7. The highest BCUT2D eigenvalue weighted by Crippen LogP contribution is 2.28. The predicted octanol–water partition coefficient (Wildman–Crippen LogP) is 4.17. The van der Waals surface area contributed by atoms with E-state index in [1.165, 1.54) is 29.0 Å². The van der Waals surface area contributed by atoms with Gasteiger partial charge in [0.15, 0.2) is 4.96 Å². The molecule has 4 nitrogen and oxygen atoms in total. The Kier molecular flexibility index (Phi) is 4.50. The Hall–Kier alpha value is -2.99. The van der Waals surface area contributed by atoms with Crippen LogP contribution in [-0.2, 0) is 6.42 Å². The first-order valence-electron chi connectivity index (χ1n) is 8.26. The maximum Gasteiger partial charge on any atom is 0.271 e. The third-order valence-electron chi connectivity index (χ3n) is 4.06. The number of hydrogen-bond donors (Lipinski definition) is 1. The maximum absolute atomic E-state index is 13.0. The first-order chi connectivity index (χ1) is 12.7. The number of nitrogens with zero attached hydrogens (tertiary/aromatic N) is 2. The number of aromatic nitrogens is 2. The Bertz CT molecular complexity index is 1010. The number of carbonyl (C=O) groups is 1. The lowest BCUT2D eigenvalue weighted by atomic mass is 10.1. The monoisotopic (exact) mass is 365 g/mol. The van der Waals surface area contributed by atoms with Gasteiger partial charge in [0.25, 0.3) is 5.91 Å². The minimum Gasteiger partial charge on any atom is -0.350 e. The number of amides is 1. The zero-order chi connectivity index (χ0) is 17.9. The fourth-order valence-corrected chi connectivity index (χ4v) is 3.68. The van der Waals surface area contributed by atoms with Crippen molar-refractivity contribution in [3.63, 3.8) is 0 Å². The third-order valence-corrected chi connectivity index (χ3v) is 5.11. The number of thiazole rings is 1. The van der Waals surface area contributed by atoms with Crippen molar-refractivity contribution in [1.29, 1.82) is 0 Å². The summed E-state index contributed by atoms with van der Waals surface area (Å²) in [4.78, 5) is 18.4. The molecule has 0 bridgehead atoms. The van der Waals surface area contributed by atoms with Crippen molar-refractivity contribution < 1.29 is 9.18 Å². The van der Waals surface area contributed by atoms with Crippen LogP contribution in [0.1, 0.15) is 16.1 Å². The molecule has 26 heavy (non-hydrogen) atoms. The van der Waals surface area contributed by atoms with E-state index in [4.69, 9.17) is 0 Å². The van der Waals surface area contributed by atoms with E-state index in [-0.39, 0.29) is 11.7 Å². The Morgan fingerprint density at radius 1 is 1.08 bits per heavy atom. The molecule has 130 valence electrons. The smallest absolute Gasteiger partial charge is 0.271 e. The molecule has 0 aliphatic rings. The minimum atomic E-state index is -0.260. The van der Waals surface area contributed by atoms with Crippen molar-refractivity contribution in [2.24, 2.45) is 0 Å². The first-order valence-corrected chi connectivity index (χ1v) is 9.07. The van der Waals surface area contributed by atoms with Crippen LogP contribution in [0.3, 0.4) is 0 Å². The van der Waals surface area contributed by atoms with Crippen LogP contribution in [-0.4, -0.2) is 21.8 Å². The van der Waals surface area contributed by atoms with Gasteiger partial charge in [-0.15, -0.1) is 0 Å². The highest BCUT2D eigenvalue weighted by atomic mass is 32.1. The van der Waals surface area contributed by atoms with Gasteiger partial charge in [-0.05, 0) is 29.7 Å². The average Bonchev–Trinajstić information content (AvgIpc) is 3.22. The van der Waals surface area contributed by atoms with Gasteiger partial charge in [-0.2, -0.15) is 0 Å². The summed E-state index contributed by atoms with van der Waals surface area (Å²) in [5, 5.41) is 2.90. The van der Waals surface area contributed by atoms with Gasteiger partial charge in [-0.1, -0.05) is 53.8 Å². The molecule has 6 heteroatoms. The number of carbonyl (C=O) groups excluding carboxylic acids is 1. The Morgan fingerprint density at radius 2 is 1.85 bits per heavy atom. The Labute approximate surface area is 153 Å². The molecule has 0 spiro atoms. The second-order valence-electron chi connectivity index (χ2n) is 5.91. The van der Waals surface area contributed by atoms with Crippen LogP contribution in [0.4, 0.5) is 4.39 Å². The molecular formula is C20H16FN3OS. The topological polar surface area (TPSA) is 46.4 Å². The van der Waals surface area contributed by atoms with Crippen molar-refractivity contribution in [3.8, 4) is 10.4 Å². The van der Waals surface area contributed by atoms with Gasteiger partial charge in [-0.3, -0.25) is 9.20 Å². The highest BCUT2D eigenvalue weighted by Gasteiger charge is 2.13. The molecule has 2 heterocycles. The zero-order valence-electron chi connectivity index (χ0n) is 13.9. The standard InChI is InChI=1S/C20H16FN3OS/c21-16-8-6-15(7-9-16)18-13-24-12-17(23-20(24)26-18)19(25)22-11-10-14-4-2-1-3-5-14/h1-9,12-13H,10-11H2,(H,22,25). The Balaban J connectivity index is 1.43.